The molecule has 0 atom stereocenters. The summed E-state index contributed by atoms with van der Waals surface area (Å²) in [5, 5.41) is 3.48. The standard InChI is InChI=1S/C13H23N3/c1-11-9-15-8-5-12(11)16-10-13(2,3)6-4-7-14/h5,8-9H,4,6-7,10,14H2,1-3H3,(H,15,16). The third-order valence-electron chi connectivity index (χ3n) is 2.84. The summed E-state index contributed by atoms with van der Waals surface area (Å²) >= 11 is 0. The van der Waals surface area contributed by atoms with Gasteiger partial charge in [-0.05, 0) is 43.4 Å². The minimum Gasteiger partial charge on any atom is -0.384 e. The number of hydrogen-bond donors (Lipinski definition) is 2. The molecule has 0 aromatic carbocycles. The number of anilines is 1. The monoisotopic (exact) mass is 221 g/mol. The molecule has 0 saturated heterocycles. The molecule has 3 N–H and O–H groups in total. The van der Waals surface area contributed by atoms with E-state index in [4.69, 9.17) is 5.73 Å². The second-order valence-corrected chi connectivity index (χ2v) is 5.10. The van der Waals surface area contributed by atoms with E-state index in [0.29, 0.717) is 0 Å². The molecule has 1 heterocycles. The number of aryl methyl sites for hydroxylation is 1. The fourth-order valence-corrected chi connectivity index (χ4v) is 1.68. The van der Waals surface area contributed by atoms with Crippen LogP contribution in [0, 0.1) is 12.3 Å². The van der Waals surface area contributed by atoms with Gasteiger partial charge in [0, 0.05) is 24.6 Å². The van der Waals surface area contributed by atoms with Gasteiger partial charge >= 0.3 is 0 Å². The molecule has 3 nitrogen and oxygen atoms in total. The highest BCUT2D eigenvalue weighted by Gasteiger charge is 2.16. The first-order valence-corrected chi connectivity index (χ1v) is 5.90. The summed E-state index contributed by atoms with van der Waals surface area (Å²) in [6, 6.07) is 2.02. The topological polar surface area (TPSA) is 50.9 Å². The predicted molar refractivity (Wildman–Crippen MR) is 69.5 cm³/mol. The number of aromatic nitrogens is 1. The first-order valence-electron chi connectivity index (χ1n) is 5.90. The molecule has 3 heteroatoms. The van der Waals surface area contributed by atoms with Crippen LogP contribution in [-0.4, -0.2) is 18.1 Å². The van der Waals surface area contributed by atoms with E-state index in [0.717, 1.165) is 25.9 Å². The van der Waals surface area contributed by atoms with Crippen LogP contribution in [0.2, 0.25) is 0 Å². The van der Waals surface area contributed by atoms with Crippen LogP contribution in [-0.2, 0) is 0 Å². The minimum absolute atomic E-state index is 0.287. The second kappa shape index (κ2) is 5.85. The van der Waals surface area contributed by atoms with Gasteiger partial charge in [-0.15, -0.1) is 0 Å². The number of pyridine rings is 1. The third-order valence-corrected chi connectivity index (χ3v) is 2.84. The average Bonchev–Trinajstić information content (AvgIpc) is 2.26. The number of nitrogens with one attached hydrogen (secondary N) is 1. The Morgan fingerprint density at radius 1 is 1.44 bits per heavy atom. The van der Waals surface area contributed by atoms with Crippen molar-refractivity contribution in [1.29, 1.82) is 0 Å². The van der Waals surface area contributed by atoms with Crippen molar-refractivity contribution < 1.29 is 0 Å². The van der Waals surface area contributed by atoms with Crippen LogP contribution in [0.25, 0.3) is 0 Å². The first kappa shape index (κ1) is 13.0. The summed E-state index contributed by atoms with van der Waals surface area (Å²) < 4.78 is 0. The minimum atomic E-state index is 0.287. The fourth-order valence-electron chi connectivity index (χ4n) is 1.68. The van der Waals surface area contributed by atoms with E-state index in [2.05, 4.69) is 31.1 Å². The van der Waals surface area contributed by atoms with Crippen molar-refractivity contribution in [1.82, 2.24) is 4.98 Å². The van der Waals surface area contributed by atoms with Crippen molar-refractivity contribution in [3.05, 3.63) is 24.0 Å². The molecule has 0 amide bonds. The molecular formula is C13H23N3. The largest absolute Gasteiger partial charge is 0.384 e. The maximum Gasteiger partial charge on any atom is 0.0400 e. The smallest absolute Gasteiger partial charge is 0.0400 e. The van der Waals surface area contributed by atoms with Crippen molar-refractivity contribution in [2.75, 3.05) is 18.4 Å². The molecule has 90 valence electrons. The molecule has 1 aromatic rings. The van der Waals surface area contributed by atoms with Crippen molar-refractivity contribution in [3.63, 3.8) is 0 Å². The summed E-state index contributed by atoms with van der Waals surface area (Å²) in [6.45, 7) is 8.36. The highest BCUT2D eigenvalue weighted by atomic mass is 14.9. The lowest BCUT2D eigenvalue weighted by Gasteiger charge is -2.25. The molecule has 0 aliphatic rings. The van der Waals surface area contributed by atoms with Crippen LogP contribution >= 0.6 is 0 Å². The summed E-state index contributed by atoms with van der Waals surface area (Å²) in [6.07, 6.45) is 5.95. The zero-order chi connectivity index (χ0) is 12.0. The van der Waals surface area contributed by atoms with Gasteiger partial charge < -0.3 is 11.1 Å². The molecule has 1 rings (SSSR count). The van der Waals surface area contributed by atoms with E-state index < -0.39 is 0 Å². The average molecular weight is 221 g/mol. The van der Waals surface area contributed by atoms with Gasteiger partial charge in [0.05, 0.1) is 0 Å². The maximum absolute atomic E-state index is 5.54. The summed E-state index contributed by atoms with van der Waals surface area (Å²) in [4.78, 5) is 4.08. The van der Waals surface area contributed by atoms with Crippen LogP contribution in [0.5, 0.6) is 0 Å². The lowest BCUT2D eigenvalue weighted by Crippen LogP contribution is -2.24. The molecule has 0 aliphatic heterocycles. The SMILES string of the molecule is Cc1cnccc1NCC(C)(C)CCCN. The summed E-state index contributed by atoms with van der Waals surface area (Å²) in [5.41, 5.74) is 8.19. The molecule has 0 spiro atoms. The van der Waals surface area contributed by atoms with Gasteiger partial charge in [-0.3, -0.25) is 4.98 Å². The Hall–Kier alpha value is -1.09. The van der Waals surface area contributed by atoms with E-state index in [1.165, 1.54) is 11.3 Å². The Morgan fingerprint density at radius 2 is 2.19 bits per heavy atom. The summed E-state index contributed by atoms with van der Waals surface area (Å²) in [7, 11) is 0. The highest BCUT2D eigenvalue weighted by molar-refractivity contribution is 5.48. The quantitative estimate of drug-likeness (QED) is 0.776. The zero-order valence-electron chi connectivity index (χ0n) is 10.6. The van der Waals surface area contributed by atoms with Gasteiger partial charge in [-0.1, -0.05) is 13.8 Å². The molecule has 0 saturated carbocycles. The third kappa shape index (κ3) is 4.19. The van der Waals surface area contributed by atoms with Crippen LogP contribution in [0.3, 0.4) is 0 Å². The Labute approximate surface area is 98.5 Å². The number of nitrogens with zero attached hydrogens (tertiary/aromatic N) is 1. The van der Waals surface area contributed by atoms with Crippen molar-refractivity contribution in [2.24, 2.45) is 11.1 Å². The van der Waals surface area contributed by atoms with Gasteiger partial charge in [0.1, 0.15) is 0 Å². The van der Waals surface area contributed by atoms with Crippen LogP contribution in [0.1, 0.15) is 32.3 Å². The number of hydrogen-bond acceptors (Lipinski definition) is 3. The molecule has 0 radical (unpaired) electrons. The van der Waals surface area contributed by atoms with E-state index in [-0.39, 0.29) is 5.41 Å². The Morgan fingerprint density at radius 3 is 2.81 bits per heavy atom. The molecule has 0 unspecified atom stereocenters. The Balaban J connectivity index is 2.47. The molecule has 1 aromatic heterocycles. The van der Waals surface area contributed by atoms with E-state index in [1.54, 1.807) is 0 Å². The van der Waals surface area contributed by atoms with Gasteiger partial charge in [0.15, 0.2) is 0 Å². The molecular weight excluding hydrogens is 198 g/mol. The van der Waals surface area contributed by atoms with Gasteiger partial charge in [-0.25, -0.2) is 0 Å². The van der Waals surface area contributed by atoms with E-state index in [1.807, 2.05) is 18.5 Å². The molecule has 16 heavy (non-hydrogen) atoms. The fraction of sp³-hybridized carbons (Fsp3) is 0.615. The van der Waals surface area contributed by atoms with Gasteiger partial charge in [-0.2, -0.15) is 0 Å². The zero-order valence-corrected chi connectivity index (χ0v) is 10.6. The second-order valence-electron chi connectivity index (χ2n) is 5.10. The lowest BCUT2D eigenvalue weighted by molar-refractivity contribution is 0.350. The molecule has 0 aliphatic carbocycles. The first-order chi connectivity index (χ1) is 7.55. The lowest BCUT2D eigenvalue weighted by atomic mass is 9.87. The van der Waals surface area contributed by atoms with Gasteiger partial charge in [0.2, 0.25) is 0 Å². The van der Waals surface area contributed by atoms with E-state index >= 15 is 0 Å². The van der Waals surface area contributed by atoms with Crippen molar-refractivity contribution in [3.8, 4) is 0 Å². The Kier molecular flexibility index (Phi) is 4.74. The van der Waals surface area contributed by atoms with Crippen LogP contribution in [0.4, 0.5) is 5.69 Å². The maximum atomic E-state index is 5.54. The molecule has 0 fully saturated rings. The summed E-state index contributed by atoms with van der Waals surface area (Å²) in [5.74, 6) is 0. The predicted octanol–water partition coefficient (Wildman–Crippen LogP) is 2.57. The van der Waals surface area contributed by atoms with Crippen molar-refractivity contribution >= 4 is 5.69 Å². The number of nitrogens with two attached hydrogens (primary N) is 1. The Bertz CT molecular complexity index is 321. The highest BCUT2D eigenvalue weighted by Crippen LogP contribution is 2.23. The van der Waals surface area contributed by atoms with Crippen molar-refractivity contribution in [2.45, 2.75) is 33.6 Å². The van der Waals surface area contributed by atoms with Crippen LogP contribution in [0.15, 0.2) is 18.5 Å². The normalized spacial score (nSPS) is 11.5. The molecule has 0 bridgehead atoms. The number of rotatable bonds is 6. The van der Waals surface area contributed by atoms with E-state index in [9.17, 15) is 0 Å². The van der Waals surface area contributed by atoms with Gasteiger partial charge in [0.25, 0.3) is 0 Å². The van der Waals surface area contributed by atoms with Crippen LogP contribution < -0.4 is 11.1 Å².